The molecule has 1 N–H and O–H groups in total. The summed E-state index contributed by atoms with van der Waals surface area (Å²) in [5, 5.41) is 3.89. The highest BCUT2D eigenvalue weighted by Crippen LogP contribution is 2.24. The summed E-state index contributed by atoms with van der Waals surface area (Å²) in [5.41, 5.74) is 1.87. The van der Waals surface area contributed by atoms with Crippen LogP contribution in [0, 0.1) is 0 Å². The zero-order valence-corrected chi connectivity index (χ0v) is 15.7. The van der Waals surface area contributed by atoms with Gasteiger partial charge >= 0.3 is 0 Å². The van der Waals surface area contributed by atoms with E-state index in [2.05, 4.69) is 24.5 Å². The lowest BCUT2D eigenvalue weighted by atomic mass is 10.2. The number of piperazine rings is 1. The van der Waals surface area contributed by atoms with Crippen molar-refractivity contribution in [3.8, 4) is 11.4 Å². The van der Waals surface area contributed by atoms with Crippen molar-refractivity contribution in [3.63, 3.8) is 0 Å². The Balaban J connectivity index is 1.29. The second kappa shape index (κ2) is 8.28. The van der Waals surface area contributed by atoms with Gasteiger partial charge in [-0.2, -0.15) is 9.36 Å². The van der Waals surface area contributed by atoms with E-state index in [4.69, 9.17) is 0 Å². The Morgan fingerprint density at radius 3 is 2.33 bits per heavy atom. The largest absolute Gasteiger partial charge is 0.344 e. The van der Waals surface area contributed by atoms with E-state index in [1.807, 2.05) is 60.7 Å². The predicted molar refractivity (Wildman–Crippen MR) is 109 cm³/mol. The zero-order chi connectivity index (χ0) is 18.5. The molecule has 1 amide bonds. The number of hydrogen-bond donors (Lipinski definition) is 1. The first kappa shape index (κ1) is 17.6. The van der Waals surface area contributed by atoms with E-state index in [-0.39, 0.29) is 5.91 Å². The molecule has 1 aliphatic heterocycles. The summed E-state index contributed by atoms with van der Waals surface area (Å²) in [5.74, 6) is 0.803. The zero-order valence-electron chi connectivity index (χ0n) is 14.9. The van der Waals surface area contributed by atoms with Crippen molar-refractivity contribution in [1.29, 1.82) is 0 Å². The van der Waals surface area contributed by atoms with Crippen LogP contribution in [0.5, 0.6) is 0 Å². The number of rotatable bonds is 5. The molecule has 3 aromatic rings. The van der Waals surface area contributed by atoms with Crippen molar-refractivity contribution in [2.75, 3.05) is 42.9 Å². The molecule has 0 radical (unpaired) electrons. The minimum Gasteiger partial charge on any atom is -0.344 e. The van der Waals surface area contributed by atoms with Gasteiger partial charge in [-0.1, -0.05) is 48.5 Å². The molecule has 1 fully saturated rings. The van der Waals surface area contributed by atoms with E-state index < -0.39 is 0 Å². The Morgan fingerprint density at radius 2 is 1.63 bits per heavy atom. The molecule has 7 heteroatoms. The van der Waals surface area contributed by atoms with Crippen molar-refractivity contribution in [2.24, 2.45) is 0 Å². The molecule has 0 unspecified atom stereocenters. The Kier molecular flexibility index (Phi) is 5.41. The molecular weight excluding hydrogens is 358 g/mol. The molecule has 0 spiro atoms. The number of carbonyl (C=O) groups excluding carboxylic acids is 1. The topological polar surface area (TPSA) is 61.4 Å². The van der Waals surface area contributed by atoms with Crippen LogP contribution in [0.1, 0.15) is 0 Å². The van der Waals surface area contributed by atoms with Gasteiger partial charge in [0.1, 0.15) is 0 Å². The normalized spacial score (nSPS) is 14.9. The maximum absolute atomic E-state index is 12.2. The Labute approximate surface area is 162 Å². The van der Waals surface area contributed by atoms with Crippen LogP contribution < -0.4 is 10.2 Å². The van der Waals surface area contributed by atoms with Crippen molar-refractivity contribution in [1.82, 2.24) is 14.3 Å². The van der Waals surface area contributed by atoms with Gasteiger partial charge in [-0.3, -0.25) is 9.69 Å². The van der Waals surface area contributed by atoms with E-state index in [1.54, 1.807) is 0 Å². The summed E-state index contributed by atoms with van der Waals surface area (Å²) >= 11 is 1.43. The number of nitrogens with zero attached hydrogens (tertiary/aromatic N) is 4. The average molecular weight is 379 g/mol. The van der Waals surface area contributed by atoms with Gasteiger partial charge in [-0.15, -0.1) is 0 Å². The number of para-hydroxylation sites is 1. The summed E-state index contributed by atoms with van der Waals surface area (Å²) in [6, 6.07) is 19.6. The van der Waals surface area contributed by atoms with Crippen molar-refractivity contribution in [3.05, 3.63) is 60.7 Å². The predicted octanol–water partition coefficient (Wildman–Crippen LogP) is 2.97. The van der Waals surface area contributed by atoms with Crippen LogP contribution in [0.3, 0.4) is 0 Å². The van der Waals surface area contributed by atoms with Crippen LogP contribution in [0.2, 0.25) is 0 Å². The van der Waals surface area contributed by atoms with Gasteiger partial charge in [0.2, 0.25) is 11.0 Å². The smallest absolute Gasteiger partial charge is 0.238 e. The van der Waals surface area contributed by atoms with Crippen LogP contribution in [0.25, 0.3) is 11.4 Å². The molecule has 2 heterocycles. The molecule has 1 aromatic heterocycles. The lowest BCUT2D eigenvalue weighted by molar-refractivity contribution is -0.117. The van der Waals surface area contributed by atoms with Crippen molar-refractivity contribution < 1.29 is 4.79 Å². The van der Waals surface area contributed by atoms with Crippen LogP contribution in [-0.2, 0) is 4.79 Å². The number of amides is 1. The first-order valence-electron chi connectivity index (χ1n) is 8.99. The average Bonchev–Trinajstić information content (AvgIpc) is 3.20. The molecule has 27 heavy (non-hydrogen) atoms. The van der Waals surface area contributed by atoms with Crippen LogP contribution >= 0.6 is 11.5 Å². The van der Waals surface area contributed by atoms with Gasteiger partial charge < -0.3 is 10.2 Å². The lowest BCUT2D eigenvalue weighted by Crippen LogP contribution is -2.48. The van der Waals surface area contributed by atoms with Gasteiger partial charge in [0.05, 0.1) is 6.54 Å². The maximum atomic E-state index is 12.2. The van der Waals surface area contributed by atoms with Gasteiger partial charge in [-0.05, 0) is 12.1 Å². The molecule has 0 aliphatic carbocycles. The molecule has 138 valence electrons. The minimum atomic E-state index is 0.0249. The summed E-state index contributed by atoms with van der Waals surface area (Å²) in [6.45, 7) is 3.78. The van der Waals surface area contributed by atoms with Crippen molar-refractivity contribution >= 4 is 28.3 Å². The number of hydrogen-bond acceptors (Lipinski definition) is 6. The van der Waals surface area contributed by atoms with Crippen molar-refractivity contribution in [2.45, 2.75) is 0 Å². The van der Waals surface area contributed by atoms with Gasteiger partial charge in [0.25, 0.3) is 0 Å². The van der Waals surface area contributed by atoms with E-state index in [9.17, 15) is 4.79 Å². The SMILES string of the molecule is O=C(CN1CCN(c2nc(-c3ccccc3)ns2)CC1)Nc1ccccc1. The molecule has 4 rings (SSSR count). The third-order valence-electron chi connectivity index (χ3n) is 4.51. The van der Waals surface area contributed by atoms with E-state index in [1.165, 1.54) is 11.5 Å². The number of nitrogens with one attached hydrogen (secondary N) is 1. The Bertz CT molecular complexity index is 876. The minimum absolute atomic E-state index is 0.0249. The fraction of sp³-hybridized carbons (Fsp3) is 0.250. The molecule has 0 atom stereocenters. The molecule has 6 nitrogen and oxygen atoms in total. The first-order chi connectivity index (χ1) is 13.3. The summed E-state index contributed by atoms with van der Waals surface area (Å²) in [4.78, 5) is 21.3. The fourth-order valence-electron chi connectivity index (χ4n) is 3.07. The first-order valence-corrected chi connectivity index (χ1v) is 9.76. The van der Waals surface area contributed by atoms with E-state index >= 15 is 0 Å². The number of carbonyl (C=O) groups is 1. The Morgan fingerprint density at radius 1 is 0.963 bits per heavy atom. The molecule has 1 aliphatic rings. The number of benzene rings is 2. The fourth-order valence-corrected chi connectivity index (χ4v) is 3.81. The third kappa shape index (κ3) is 4.50. The highest BCUT2D eigenvalue weighted by Gasteiger charge is 2.21. The molecule has 2 aromatic carbocycles. The van der Waals surface area contributed by atoms with Crippen LogP contribution in [0.15, 0.2) is 60.7 Å². The van der Waals surface area contributed by atoms with E-state index in [0.29, 0.717) is 6.54 Å². The molecule has 0 saturated carbocycles. The van der Waals surface area contributed by atoms with E-state index in [0.717, 1.165) is 48.4 Å². The monoisotopic (exact) mass is 379 g/mol. The third-order valence-corrected chi connectivity index (χ3v) is 5.29. The maximum Gasteiger partial charge on any atom is 0.238 e. The summed E-state index contributed by atoms with van der Waals surface area (Å²) in [6.07, 6.45) is 0. The molecular formula is C20H21N5OS. The Hall–Kier alpha value is -2.77. The lowest BCUT2D eigenvalue weighted by Gasteiger charge is -2.33. The standard InChI is InChI=1S/C20H21N5OS/c26-18(21-17-9-5-2-6-10-17)15-24-11-13-25(14-12-24)20-22-19(23-27-20)16-7-3-1-4-8-16/h1-10H,11-15H2,(H,21,26). The van der Waals surface area contributed by atoms with Gasteiger partial charge in [-0.25, -0.2) is 0 Å². The summed E-state index contributed by atoms with van der Waals surface area (Å²) < 4.78 is 4.49. The second-order valence-corrected chi connectivity index (χ2v) is 7.17. The van der Waals surface area contributed by atoms with Gasteiger partial charge in [0.15, 0.2) is 5.82 Å². The molecule has 0 bridgehead atoms. The second-order valence-electron chi connectivity index (χ2n) is 6.44. The number of aromatic nitrogens is 2. The highest BCUT2D eigenvalue weighted by atomic mass is 32.1. The van der Waals surface area contributed by atoms with Crippen LogP contribution in [-0.4, -0.2) is 52.9 Å². The molecule has 1 saturated heterocycles. The number of anilines is 2. The quantitative estimate of drug-likeness (QED) is 0.738. The van der Waals surface area contributed by atoms with Crippen LogP contribution in [0.4, 0.5) is 10.8 Å². The van der Waals surface area contributed by atoms with Gasteiger partial charge in [0, 0.05) is 49.0 Å². The highest BCUT2D eigenvalue weighted by molar-refractivity contribution is 7.09. The summed E-state index contributed by atoms with van der Waals surface area (Å²) in [7, 11) is 0.